The van der Waals surface area contributed by atoms with Crippen molar-refractivity contribution < 1.29 is 9.90 Å². The number of carboxylic acids is 1. The van der Waals surface area contributed by atoms with E-state index in [1.165, 1.54) is 5.75 Å². The summed E-state index contributed by atoms with van der Waals surface area (Å²) >= 11 is 2.04. The van der Waals surface area contributed by atoms with E-state index in [-0.39, 0.29) is 12.4 Å². The van der Waals surface area contributed by atoms with Crippen molar-refractivity contribution in [3.8, 4) is 0 Å². The van der Waals surface area contributed by atoms with E-state index in [9.17, 15) is 4.79 Å². The minimum Gasteiger partial charge on any atom is -0.481 e. The zero-order valence-corrected chi connectivity index (χ0v) is 11.6. The van der Waals surface area contributed by atoms with Crippen LogP contribution in [0, 0.1) is 0 Å². The molecule has 0 aromatic heterocycles. The highest BCUT2D eigenvalue weighted by Crippen LogP contribution is 2.24. The van der Waals surface area contributed by atoms with Gasteiger partial charge in [-0.3, -0.25) is 9.69 Å². The molecule has 16 heavy (non-hydrogen) atoms. The average Bonchev–Trinajstić information content (AvgIpc) is 2.18. The van der Waals surface area contributed by atoms with Gasteiger partial charge in [-0.05, 0) is 26.3 Å². The van der Waals surface area contributed by atoms with Crippen molar-refractivity contribution in [3.63, 3.8) is 0 Å². The first-order valence-electron chi connectivity index (χ1n) is 5.68. The molecule has 0 bridgehead atoms. The summed E-state index contributed by atoms with van der Waals surface area (Å²) in [6.07, 6.45) is 2.13. The molecule has 2 unspecified atom stereocenters. The van der Waals surface area contributed by atoms with Crippen LogP contribution >= 0.6 is 24.2 Å². The molecule has 1 N–H and O–H groups in total. The van der Waals surface area contributed by atoms with Crippen LogP contribution in [0.3, 0.4) is 0 Å². The molecule has 1 rings (SSSR count). The fourth-order valence-corrected chi connectivity index (χ4v) is 3.06. The van der Waals surface area contributed by atoms with Crippen molar-refractivity contribution in [1.29, 1.82) is 0 Å². The van der Waals surface area contributed by atoms with Gasteiger partial charge in [-0.1, -0.05) is 6.92 Å². The van der Waals surface area contributed by atoms with Gasteiger partial charge in [-0.15, -0.1) is 12.4 Å². The normalized spacial score (nSPS) is 26.1. The molecule has 0 spiro atoms. The second-order valence-electron chi connectivity index (χ2n) is 4.20. The smallest absolute Gasteiger partial charge is 0.303 e. The van der Waals surface area contributed by atoms with Crippen molar-refractivity contribution >= 4 is 30.1 Å². The molecule has 0 aliphatic carbocycles. The summed E-state index contributed by atoms with van der Waals surface area (Å²) in [6, 6.07) is 0.633. The molecule has 0 saturated carbocycles. The molecule has 1 aliphatic heterocycles. The van der Waals surface area contributed by atoms with E-state index in [2.05, 4.69) is 18.7 Å². The lowest BCUT2D eigenvalue weighted by molar-refractivity contribution is -0.137. The number of hydrogen-bond acceptors (Lipinski definition) is 3. The standard InChI is InChI=1S/C11H21NO2S.ClH/c1-9-10(2)15-8-7-12(9)6-4-3-5-11(13)14;/h9-10H,3-8H2,1-2H3,(H,13,14);1H. The Hall–Kier alpha value is 0.0700. The molecule has 3 nitrogen and oxygen atoms in total. The minimum absolute atomic E-state index is 0. The third-order valence-electron chi connectivity index (χ3n) is 3.10. The second kappa shape index (κ2) is 8.20. The van der Waals surface area contributed by atoms with Gasteiger partial charge in [0.1, 0.15) is 0 Å². The van der Waals surface area contributed by atoms with Crippen LogP contribution in [-0.4, -0.2) is 46.1 Å². The number of carbonyl (C=O) groups is 1. The van der Waals surface area contributed by atoms with Gasteiger partial charge in [-0.25, -0.2) is 0 Å². The zero-order chi connectivity index (χ0) is 11.3. The number of carboxylic acid groups (broad SMARTS) is 1. The molecule has 0 aromatic carbocycles. The highest BCUT2D eigenvalue weighted by atomic mass is 35.5. The Balaban J connectivity index is 0.00000225. The van der Waals surface area contributed by atoms with E-state index in [1.807, 2.05) is 11.8 Å². The van der Waals surface area contributed by atoms with Crippen LogP contribution in [0.5, 0.6) is 0 Å². The van der Waals surface area contributed by atoms with Crippen LogP contribution in [0.4, 0.5) is 0 Å². The number of thioether (sulfide) groups is 1. The van der Waals surface area contributed by atoms with E-state index < -0.39 is 5.97 Å². The lowest BCUT2D eigenvalue weighted by atomic mass is 10.1. The molecule has 1 saturated heterocycles. The molecular weight excluding hydrogens is 246 g/mol. The quantitative estimate of drug-likeness (QED) is 0.777. The van der Waals surface area contributed by atoms with Crippen molar-refractivity contribution in [2.75, 3.05) is 18.8 Å². The van der Waals surface area contributed by atoms with Crippen LogP contribution in [0.15, 0.2) is 0 Å². The van der Waals surface area contributed by atoms with Crippen molar-refractivity contribution in [2.24, 2.45) is 0 Å². The Kier molecular flexibility index (Phi) is 8.24. The largest absolute Gasteiger partial charge is 0.481 e. The number of halogens is 1. The Morgan fingerprint density at radius 2 is 2.12 bits per heavy atom. The summed E-state index contributed by atoms with van der Waals surface area (Å²) < 4.78 is 0. The maximum atomic E-state index is 10.3. The summed E-state index contributed by atoms with van der Waals surface area (Å²) in [5, 5.41) is 9.23. The monoisotopic (exact) mass is 267 g/mol. The topological polar surface area (TPSA) is 40.5 Å². The fraction of sp³-hybridized carbons (Fsp3) is 0.909. The van der Waals surface area contributed by atoms with Gasteiger partial charge >= 0.3 is 5.97 Å². The molecule has 5 heteroatoms. The van der Waals surface area contributed by atoms with Gasteiger partial charge in [0.05, 0.1) is 0 Å². The van der Waals surface area contributed by atoms with Gasteiger partial charge in [0.15, 0.2) is 0 Å². The molecule has 0 aromatic rings. The minimum atomic E-state index is -0.675. The maximum absolute atomic E-state index is 10.3. The highest BCUT2D eigenvalue weighted by molar-refractivity contribution is 8.00. The molecule has 2 atom stereocenters. The number of hydrogen-bond donors (Lipinski definition) is 1. The average molecular weight is 268 g/mol. The van der Waals surface area contributed by atoms with Crippen LogP contribution < -0.4 is 0 Å². The zero-order valence-electron chi connectivity index (χ0n) is 10.0. The number of rotatable bonds is 5. The molecule has 0 amide bonds. The first-order chi connectivity index (χ1) is 7.11. The van der Waals surface area contributed by atoms with Crippen molar-refractivity contribution in [2.45, 2.75) is 44.4 Å². The Labute approximate surface area is 108 Å². The van der Waals surface area contributed by atoms with Gasteiger partial charge in [0.2, 0.25) is 0 Å². The van der Waals surface area contributed by atoms with E-state index in [1.54, 1.807) is 0 Å². The van der Waals surface area contributed by atoms with Gasteiger partial charge in [0.25, 0.3) is 0 Å². The van der Waals surface area contributed by atoms with Gasteiger partial charge < -0.3 is 5.11 Å². The summed E-state index contributed by atoms with van der Waals surface area (Å²) in [6.45, 7) is 6.76. The van der Waals surface area contributed by atoms with Crippen molar-refractivity contribution in [1.82, 2.24) is 4.90 Å². The fourth-order valence-electron chi connectivity index (χ4n) is 1.90. The van der Waals surface area contributed by atoms with Crippen molar-refractivity contribution in [3.05, 3.63) is 0 Å². The number of unbranched alkanes of at least 4 members (excludes halogenated alkanes) is 1. The van der Waals surface area contributed by atoms with Crippen LogP contribution in [-0.2, 0) is 4.79 Å². The molecule has 0 radical (unpaired) electrons. The van der Waals surface area contributed by atoms with Crippen LogP contribution in [0.25, 0.3) is 0 Å². The highest BCUT2D eigenvalue weighted by Gasteiger charge is 2.24. The second-order valence-corrected chi connectivity index (χ2v) is 5.69. The van der Waals surface area contributed by atoms with E-state index in [0.29, 0.717) is 17.7 Å². The summed E-state index contributed by atoms with van der Waals surface area (Å²) in [7, 11) is 0. The molecular formula is C11H22ClNO2S. The Bertz CT molecular complexity index is 216. The summed E-state index contributed by atoms with van der Waals surface area (Å²) in [5.74, 6) is 0.537. The molecule has 1 aliphatic rings. The molecule has 1 heterocycles. The molecule has 1 fully saturated rings. The summed E-state index contributed by atoms with van der Waals surface area (Å²) in [4.78, 5) is 12.8. The Morgan fingerprint density at radius 3 is 2.75 bits per heavy atom. The lowest BCUT2D eigenvalue weighted by Crippen LogP contribution is -2.44. The van der Waals surface area contributed by atoms with E-state index in [0.717, 1.165) is 25.9 Å². The van der Waals surface area contributed by atoms with Gasteiger partial charge in [-0.2, -0.15) is 11.8 Å². The number of aliphatic carboxylic acids is 1. The Morgan fingerprint density at radius 1 is 1.44 bits per heavy atom. The first-order valence-corrected chi connectivity index (χ1v) is 6.73. The predicted octanol–water partition coefficient (Wildman–Crippen LogP) is 2.49. The lowest BCUT2D eigenvalue weighted by Gasteiger charge is -2.37. The van der Waals surface area contributed by atoms with E-state index >= 15 is 0 Å². The molecule has 96 valence electrons. The first kappa shape index (κ1) is 16.1. The maximum Gasteiger partial charge on any atom is 0.303 e. The third kappa shape index (κ3) is 5.41. The van der Waals surface area contributed by atoms with E-state index in [4.69, 9.17) is 5.11 Å². The summed E-state index contributed by atoms with van der Waals surface area (Å²) in [5.41, 5.74) is 0. The van der Waals surface area contributed by atoms with Crippen LogP contribution in [0.1, 0.15) is 33.1 Å². The third-order valence-corrected chi connectivity index (χ3v) is 4.44. The van der Waals surface area contributed by atoms with Gasteiger partial charge in [0, 0.05) is 30.0 Å². The number of nitrogens with zero attached hydrogens (tertiary/aromatic N) is 1. The SMILES string of the molecule is CC1SCCN(CCCCC(=O)O)C1C.Cl. The van der Waals surface area contributed by atoms with Crippen LogP contribution in [0.2, 0.25) is 0 Å². The predicted molar refractivity (Wildman–Crippen MR) is 71.7 cm³/mol.